The zero-order valence-electron chi connectivity index (χ0n) is 14.5. The van der Waals surface area contributed by atoms with Crippen molar-refractivity contribution in [3.63, 3.8) is 0 Å². The van der Waals surface area contributed by atoms with Crippen molar-refractivity contribution in [2.75, 3.05) is 18.0 Å². The summed E-state index contributed by atoms with van der Waals surface area (Å²) in [7, 11) is 0. The van der Waals surface area contributed by atoms with Crippen molar-refractivity contribution in [3.8, 4) is 11.4 Å². The van der Waals surface area contributed by atoms with E-state index >= 15 is 0 Å². The van der Waals surface area contributed by atoms with Gasteiger partial charge in [0, 0.05) is 48.5 Å². The minimum absolute atomic E-state index is 0.418. The van der Waals surface area contributed by atoms with Crippen LogP contribution < -0.4 is 4.90 Å². The number of aromatic nitrogens is 6. The molecule has 0 unspecified atom stereocenters. The van der Waals surface area contributed by atoms with Crippen molar-refractivity contribution in [1.82, 2.24) is 29.9 Å². The Morgan fingerprint density at radius 1 is 1.00 bits per heavy atom. The molecule has 0 atom stereocenters. The molecule has 7 heteroatoms. The first-order valence-corrected chi connectivity index (χ1v) is 8.59. The van der Waals surface area contributed by atoms with Crippen LogP contribution in [0.2, 0.25) is 0 Å². The van der Waals surface area contributed by atoms with Crippen LogP contribution in [0.1, 0.15) is 30.1 Å². The highest BCUT2D eigenvalue weighted by atomic mass is 15.4. The quantitative estimate of drug-likeness (QED) is 0.732. The first-order chi connectivity index (χ1) is 12.2. The van der Waals surface area contributed by atoms with Gasteiger partial charge in [0.25, 0.3) is 0 Å². The molecule has 1 aliphatic heterocycles. The van der Waals surface area contributed by atoms with Crippen molar-refractivity contribution < 1.29 is 0 Å². The predicted molar refractivity (Wildman–Crippen MR) is 95.2 cm³/mol. The lowest BCUT2D eigenvalue weighted by molar-refractivity contribution is 0.359. The second-order valence-corrected chi connectivity index (χ2v) is 6.42. The van der Waals surface area contributed by atoms with Gasteiger partial charge in [-0.2, -0.15) is 0 Å². The Labute approximate surface area is 146 Å². The maximum absolute atomic E-state index is 4.87. The third kappa shape index (κ3) is 3.09. The van der Waals surface area contributed by atoms with E-state index in [0.717, 1.165) is 54.4 Å². The van der Waals surface area contributed by atoms with E-state index in [0.29, 0.717) is 6.04 Å². The molecule has 0 bridgehead atoms. The van der Waals surface area contributed by atoms with Crippen LogP contribution in [-0.2, 0) is 0 Å². The van der Waals surface area contributed by atoms with E-state index in [-0.39, 0.29) is 0 Å². The summed E-state index contributed by atoms with van der Waals surface area (Å²) in [5, 5.41) is 8.06. The normalized spacial score (nSPS) is 15.5. The maximum atomic E-state index is 4.87. The molecule has 3 aromatic heterocycles. The Kier molecular flexibility index (Phi) is 4.13. The number of pyridine rings is 1. The minimum Gasteiger partial charge on any atom is -0.356 e. The maximum Gasteiger partial charge on any atom is 0.161 e. The van der Waals surface area contributed by atoms with Gasteiger partial charge in [-0.1, -0.05) is 5.21 Å². The van der Waals surface area contributed by atoms with Crippen LogP contribution in [0.5, 0.6) is 0 Å². The molecule has 25 heavy (non-hydrogen) atoms. The molecule has 3 aromatic rings. The Morgan fingerprint density at radius 2 is 1.76 bits per heavy atom. The van der Waals surface area contributed by atoms with Gasteiger partial charge in [-0.15, -0.1) is 5.10 Å². The Bertz CT molecular complexity index is 837. The fourth-order valence-electron chi connectivity index (χ4n) is 3.31. The van der Waals surface area contributed by atoms with Crippen molar-refractivity contribution in [3.05, 3.63) is 48.2 Å². The highest BCUT2D eigenvalue weighted by Gasteiger charge is 2.24. The molecule has 128 valence electrons. The number of hydrogen-bond donors (Lipinski definition) is 0. The molecule has 1 aliphatic rings. The molecule has 0 saturated carbocycles. The number of nitrogens with zero attached hydrogens (tertiary/aromatic N) is 7. The molecule has 0 aliphatic carbocycles. The predicted octanol–water partition coefficient (Wildman–Crippen LogP) is 2.59. The van der Waals surface area contributed by atoms with Gasteiger partial charge in [-0.25, -0.2) is 14.6 Å². The Morgan fingerprint density at radius 3 is 2.44 bits per heavy atom. The molecule has 1 fully saturated rings. The average molecular weight is 335 g/mol. The van der Waals surface area contributed by atoms with Crippen LogP contribution in [-0.4, -0.2) is 43.0 Å². The summed E-state index contributed by atoms with van der Waals surface area (Å²) < 4.78 is 1.97. The van der Waals surface area contributed by atoms with E-state index < -0.39 is 0 Å². The van der Waals surface area contributed by atoms with Crippen molar-refractivity contribution in [1.29, 1.82) is 0 Å². The fourth-order valence-corrected chi connectivity index (χ4v) is 3.31. The van der Waals surface area contributed by atoms with Crippen LogP contribution >= 0.6 is 0 Å². The first kappa shape index (κ1) is 15.7. The van der Waals surface area contributed by atoms with Gasteiger partial charge in [0.15, 0.2) is 5.82 Å². The van der Waals surface area contributed by atoms with Crippen LogP contribution in [0, 0.1) is 13.8 Å². The summed E-state index contributed by atoms with van der Waals surface area (Å²) in [6.45, 7) is 6.06. The van der Waals surface area contributed by atoms with Gasteiger partial charge >= 0.3 is 0 Å². The SMILES string of the molecule is Cc1nc(-c2ccncc2)nc(N2CCC(n3ccnn3)CC2)c1C. The third-order valence-electron chi connectivity index (χ3n) is 4.88. The second-order valence-electron chi connectivity index (χ2n) is 6.42. The summed E-state index contributed by atoms with van der Waals surface area (Å²) in [5.41, 5.74) is 3.17. The van der Waals surface area contributed by atoms with Crippen molar-refractivity contribution >= 4 is 5.82 Å². The molecular weight excluding hydrogens is 314 g/mol. The van der Waals surface area contributed by atoms with Crippen LogP contribution in [0.15, 0.2) is 36.9 Å². The monoisotopic (exact) mass is 335 g/mol. The van der Waals surface area contributed by atoms with Gasteiger partial charge in [0.05, 0.1) is 12.2 Å². The average Bonchev–Trinajstić information content (AvgIpc) is 3.19. The second kappa shape index (κ2) is 6.58. The molecule has 0 radical (unpaired) electrons. The number of aryl methyl sites for hydroxylation is 1. The summed E-state index contributed by atoms with van der Waals surface area (Å²) in [5.74, 6) is 1.80. The molecule has 0 amide bonds. The lowest BCUT2D eigenvalue weighted by Gasteiger charge is -2.33. The molecule has 7 nitrogen and oxygen atoms in total. The van der Waals surface area contributed by atoms with E-state index in [4.69, 9.17) is 4.98 Å². The van der Waals surface area contributed by atoms with Crippen LogP contribution in [0.3, 0.4) is 0 Å². The molecular formula is C18H21N7. The van der Waals surface area contributed by atoms with Gasteiger partial charge < -0.3 is 4.90 Å². The van der Waals surface area contributed by atoms with E-state index in [2.05, 4.69) is 32.1 Å². The Hall–Kier alpha value is -2.83. The Balaban J connectivity index is 1.59. The highest BCUT2D eigenvalue weighted by molar-refractivity contribution is 5.60. The van der Waals surface area contributed by atoms with E-state index in [9.17, 15) is 0 Å². The fraction of sp³-hybridized carbons (Fsp3) is 0.389. The summed E-state index contributed by atoms with van der Waals surface area (Å²) in [6.07, 6.45) is 9.31. The number of rotatable bonds is 3. The van der Waals surface area contributed by atoms with Crippen molar-refractivity contribution in [2.24, 2.45) is 0 Å². The summed E-state index contributed by atoms with van der Waals surface area (Å²) in [6, 6.07) is 4.32. The first-order valence-electron chi connectivity index (χ1n) is 8.59. The largest absolute Gasteiger partial charge is 0.356 e. The van der Waals surface area contributed by atoms with E-state index in [1.54, 1.807) is 18.6 Å². The molecule has 0 aromatic carbocycles. The van der Waals surface area contributed by atoms with Gasteiger partial charge in [-0.3, -0.25) is 4.98 Å². The molecule has 0 spiro atoms. The third-order valence-corrected chi connectivity index (χ3v) is 4.88. The minimum atomic E-state index is 0.418. The molecule has 0 N–H and O–H groups in total. The lowest BCUT2D eigenvalue weighted by Crippen LogP contribution is -2.36. The smallest absolute Gasteiger partial charge is 0.161 e. The number of hydrogen-bond acceptors (Lipinski definition) is 6. The van der Waals surface area contributed by atoms with Gasteiger partial charge in [0.1, 0.15) is 5.82 Å². The van der Waals surface area contributed by atoms with E-state index in [1.165, 1.54) is 0 Å². The van der Waals surface area contributed by atoms with E-state index in [1.807, 2.05) is 29.9 Å². The van der Waals surface area contributed by atoms with Crippen LogP contribution in [0.4, 0.5) is 5.82 Å². The standard InChI is InChI=1S/C18H21N7/c1-13-14(2)21-17(15-3-7-19-8-4-15)22-18(13)24-10-5-16(6-11-24)25-12-9-20-23-25/h3-4,7-9,12,16H,5-6,10-11H2,1-2H3. The molecule has 4 rings (SSSR count). The zero-order chi connectivity index (χ0) is 17.2. The zero-order valence-corrected chi connectivity index (χ0v) is 14.5. The molecule has 1 saturated heterocycles. The summed E-state index contributed by atoms with van der Waals surface area (Å²) >= 11 is 0. The number of piperidine rings is 1. The summed E-state index contributed by atoms with van der Waals surface area (Å²) in [4.78, 5) is 16.0. The lowest BCUT2D eigenvalue weighted by atomic mass is 10.0. The van der Waals surface area contributed by atoms with Crippen molar-refractivity contribution in [2.45, 2.75) is 32.7 Å². The van der Waals surface area contributed by atoms with Gasteiger partial charge in [-0.05, 0) is 38.8 Å². The number of anilines is 1. The van der Waals surface area contributed by atoms with Crippen LogP contribution in [0.25, 0.3) is 11.4 Å². The highest BCUT2D eigenvalue weighted by Crippen LogP contribution is 2.29. The molecule has 4 heterocycles. The topological polar surface area (TPSA) is 72.6 Å². The van der Waals surface area contributed by atoms with Gasteiger partial charge in [0.2, 0.25) is 0 Å².